The smallest absolute Gasteiger partial charge is 0.220 e. The molecule has 0 spiro atoms. The highest BCUT2D eigenvalue weighted by Crippen LogP contribution is 2.22. The Labute approximate surface area is 154 Å². The van der Waals surface area contributed by atoms with E-state index in [9.17, 15) is 4.79 Å². The largest absolute Gasteiger partial charge is 0.352 e. The Morgan fingerprint density at radius 3 is 3.08 bits per heavy atom. The van der Waals surface area contributed by atoms with Gasteiger partial charge in [0.15, 0.2) is 0 Å². The number of amides is 1. The van der Waals surface area contributed by atoms with Crippen LogP contribution in [0.2, 0.25) is 0 Å². The fraction of sp³-hybridized carbons (Fsp3) is 0.500. The van der Waals surface area contributed by atoms with Gasteiger partial charge in [0.2, 0.25) is 5.91 Å². The Morgan fingerprint density at radius 2 is 2.36 bits per heavy atom. The zero-order valence-electron chi connectivity index (χ0n) is 14.5. The van der Waals surface area contributed by atoms with Crippen molar-refractivity contribution in [3.8, 4) is 5.69 Å². The maximum atomic E-state index is 12.2. The lowest BCUT2D eigenvalue weighted by atomic mass is 9.85. The quantitative estimate of drug-likeness (QED) is 0.826. The van der Waals surface area contributed by atoms with Crippen molar-refractivity contribution in [2.45, 2.75) is 32.7 Å². The van der Waals surface area contributed by atoms with Gasteiger partial charge in [0.1, 0.15) is 12.7 Å². The van der Waals surface area contributed by atoms with Crippen LogP contribution in [0.5, 0.6) is 0 Å². The molecule has 1 saturated heterocycles. The maximum Gasteiger partial charge on any atom is 0.220 e. The van der Waals surface area contributed by atoms with Crippen LogP contribution >= 0.6 is 12.4 Å². The Kier molecular flexibility index (Phi) is 7.40. The molecule has 0 radical (unpaired) electrons. The number of hydrogen-bond acceptors (Lipinski definition) is 4. The van der Waals surface area contributed by atoms with Crippen molar-refractivity contribution in [3.63, 3.8) is 0 Å². The van der Waals surface area contributed by atoms with E-state index in [0.717, 1.165) is 24.3 Å². The summed E-state index contributed by atoms with van der Waals surface area (Å²) in [4.78, 5) is 16.2. The van der Waals surface area contributed by atoms with Crippen LogP contribution in [-0.4, -0.2) is 33.8 Å². The van der Waals surface area contributed by atoms with Gasteiger partial charge in [0, 0.05) is 13.0 Å². The monoisotopic (exact) mass is 363 g/mol. The van der Waals surface area contributed by atoms with E-state index in [2.05, 4.69) is 27.6 Å². The summed E-state index contributed by atoms with van der Waals surface area (Å²) in [6, 6.07) is 7.96. The number of carbonyl (C=O) groups excluding carboxylic acids is 1. The molecule has 1 aromatic heterocycles. The highest BCUT2D eigenvalue weighted by molar-refractivity contribution is 5.85. The topological polar surface area (TPSA) is 71.8 Å². The van der Waals surface area contributed by atoms with Crippen molar-refractivity contribution in [1.82, 2.24) is 25.4 Å². The predicted molar refractivity (Wildman–Crippen MR) is 99.8 cm³/mol. The molecule has 2 N–H and O–H groups in total. The molecule has 2 unspecified atom stereocenters. The van der Waals surface area contributed by atoms with Gasteiger partial charge in [-0.15, -0.1) is 12.4 Å². The van der Waals surface area contributed by atoms with Gasteiger partial charge < -0.3 is 10.6 Å². The number of carbonyl (C=O) groups is 1. The number of aromatic nitrogens is 3. The summed E-state index contributed by atoms with van der Waals surface area (Å²) in [5.74, 6) is 1.15. The number of halogens is 1. The molecule has 2 aromatic rings. The van der Waals surface area contributed by atoms with Gasteiger partial charge in [-0.3, -0.25) is 4.79 Å². The molecule has 7 heteroatoms. The molecule has 2 heterocycles. The van der Waals surface area contributed by atoms with Crippen LogP contribution in [-0.2, 0) is 11.3 Å². The fourth-order valence-electron chi connectivity index (χ4n) is 3.25. The van der Waals surface area contributed by atoms with Crippen molar-refractivity contribution in [2.24, 2.45) is 11.8 Å². The average Bonchev–Trinajstić information content (AvgIpc) is 3.16. The molecule has 136 valence electrons. The van der Waals surface area contributed by atoms with Gasteiger partial charge >= 0.3 is 0 Å². The second-order valence-electron chi connectivity index (χ2n) is 6.57. The molecular weight excluding hydrogens is 338 g/mol. The van der Waals surface area contributed by atoms with Crippen LogP contribution < -0.4 is 10.6 Å². The third-order valence-electron chi connectivity index (χ3n) is 4.73. The summed E-state index contributed by atoms with van der Waals surface area (Å²) in [7, 11) is 0. The molecule has 0 aliphatic carbocycles. The predicted octanol–water partition coefficient (Wildman–Crippen LogP) is 2.33. The van der Waals surface area contributed by atoms with E-state index < -0.39 is 0 Å². The van der Waals surface area contributed by atoms with Crippen LogP contribution in [0.3, 0.4) is 0 Å². The van der Waals surface area contributed by atoms with Gasteiger partial charge in [-0.25, -0.2) is 9.67 Å². The number of rotatable bonds is 6. The van der Waals surface area contributed by atoms with Gasteiger partial charge in [0.25, 0.3) is 0 Å². The van der Waals surface area contributed by atoms with E-state index in [1.54, 1.807) is 11.0 Å². The third-order valence-corrected chi connectivity index (χ3v) is 4.73. The molecule has 0 saturated carbocycles. The van der Waals surface area contributed by atoms with E-state index in [1.165, 1.54) is 19.2 Å². The molecule has 0 bridgehead atoms. The van der Waals surface area contributed by atoms with Crippen molar-refractivity contribution in [3.05, 3.63) is 42.5 Å². The maximum absolute atomic E-state index is 12.2. The van der Waals surface area contributed by atoms with Gasteiger partial charge in [-0.2, -0.15) is 5.10 Å². The lowest BCUT2D eigenvalue weighted by Gasteiger charge is -2.28. The Balaban J connectivity index is 0.00000225. The SMILES string of the molecule is CC(CC(=O)NCc1cccc(-n2cncn2)c1)C1CCCNC1.Cl. The van der Waals surface area contributed by atoms with Crippen molar-refractivity contribution < 1.29 is 4.79 Å². The third kappa shape index (κ3) is 5.54. The Morgan fingerprint density at radius 1 is 1.48 bits per heavy atom. The van der Waals surface area contributed by atoms with Crippen LogP contribution in [0.1, 0.15) is 31.7 Å². The first-order chi connectivity index (χ1) is 11.7. The Hall–Kier alpha value is -1.92. The van der Waals surface area contributed by atoms with Crippen LogP contribution in [0.4, 0.5) is 0 Å². The normalized spacial score (nSPS) is 18.2. The number of benzene rings is 1. The zero-order chi connectivity index (χ0) is 16.8. The minimum atomic E-state index is 0. The van der Waals surface area contributed by atoms with E-state index >= 15 is 0 Å². The first kappa shape index (κ1) is 19.4. The lowest BCUT2D eigenvalue weighted by molar-refractivity contribution is -0.122. The number of hydrogen-bond donors (Lipinski definition) is 2. The van der Waals surface area contributed by atoms with E-state index in [0.29, 0.717) is 24.8 Å². The summed E-state index contributed by atoms with van der Waals surface area (Å²) in [5, 5.41) is 10.6. The van der Waals surface area contributed by atoms with E-state index in [4.69, 9.17) is 0 Å². The summed E-state index contributed by atoms with van der Waals surface area (Å²) < 4.78 is 1.71. The lowest BCUT2D eigenvalue weighted by Crippen LogP contribution is -2.35. The zero-order valence-corrected chi connectivity index (χ0v) is 15.3. The highest BCUT2D eigenvalue weighted by Gasteiger charge is 2.21. The summed E-state index contributed by atoms with van der Waals surface area (Å²) in [6.45, 7) is 4.87. The minimum Gasteiger partial charge on any atom is -0.352 e. The van der Waals surface area contributed by atoms with Crippen LogP contribution in [0, 0.1) is 11.8 Å². The van der Waals surface area contributed by atoms with Crippen molar-refractivity contribution in [1.29, 1.82) is 0 Å². The van der Waals surface area contributed by atoms with Crippen LogP contribution in [0.25, 0.3) is 5.69 Å². The van der Waals surface area contributed by atoms with Crippen molar-refractivity contribution >= 4 is 18.3 Å². The van der Waals surface area contributed by atoms with Gasteiger partial charge in [0.05, 0.1) is 5.69 Å². The van der Waals surface area contributed by atoms with Crippen LogP contribution in [0.15, 0.2) is 36.9 Å². The number of nitrogens with one attached hydrogen (secondary N) is 2. The first-order valence-corrected chi connectivity index (χ1v) is 8.64. The molecule has 2 atom stereocenters. The molecule has 1 fully saturated rings. The molecule has 6 nitrogen and oxygen atoms in total. The molecular formula is C18H26ClN5O. The molecule has 25 heavy (non-hydrogen) atoms. The summed E-state index contributed by atoms with van der Waals surface area (Å²) in [6.07, 6.45) is 6.20. The number of nitrogens with zero attached hydrogens (tertiary/aromatic N) is 3. The van der Waals surface area contributed by atoms with Gasteiger partial charge in [-0.05, 0) is 55.5 Å². The van der Waals surface area contributed by atoms with E-state index in [1.807, 2.05) is 24.3 Å². The standard InChI is InChI=1S/C18H25N5O.ClH/c1-14(16-5-3-7-19-11-16)8-18(24)21-10-15-4-2-6-17(9-15)23-13-20-12-22-23;/h2,4,6,9,12-14,16,19H,3,5,7-8,10-11H2,1H3,(H,21,24);1H. The summed E-state index contributed by atoms with van der Waals surface area (Å²) >= 11 is 0. The molecule has 1 aliphatic heterocycles. The fourth-order valence-corrected chi connectivity index (χ4v) is 3.25. The summed E-state index contributed by atoms with van der Waals surface area (Å²) in [5.41, 5.74) is 2.00. The van der Waals surface area contributed by atoms with Gasteiger partial charge in [-0.1, -0.05) is 19.1 Å². The average molecular weight is 364 g/mol. The molecule has 1 aromatic carbocycles. The molecule has 1 amide bonds. The number of piperidine rings is 1. The second kappa shape index (κ2) is 9.53. The minimum absolute atomic E-state index is 0. The highest BCUT2D eigenvalue weighted by atomic mass is 35.5. The Bertz CT molecular complexity index is 655. The molecule has 1 aliphatic rings. The molecule has 3 rings (SSSR count). The van der Waals surface area contributed by atoms with E-state index in [-0.39, 0.29) is 18.3 Å². The first-order valence-electron chi connectivity index (χ1n) is 8.64. The second-order valence-corrected chi connectivity index (χ2v) is 6.57. The van der Waals surface area contributed by atoms with Crippen molar-refractivity contribution in [2.75, 3.05) is 13.1 Å².